The van der Waals surface area contributed by atoms with E-state index in [0.29, 0.717) is 48.2 Å². The highest BCUT2D eigenvalue weighted by Gasteiger charge is 2.28. The quantitative estimate of drug-likeness (QED) is 0.689. The molecule has 0 unspecified atom stereocenters. The molecular weight excluding hydrogens is 400 g/mol. The fraction of sp³-hybridized carbons (Fsp3) is 0.409. The molecule has 0 radical (unpaired) electrons. The number of carbonyl (C=O) groups excluding carboxylic acids is 2. The van der Waals surface area contributed by atoms with Gasteiger partial charge in [0.05, 0.1) is 23.5 Å². The fourth-order valence-corrected chi connectivity index (χ4v) is 4.38. The van der Waals surface area contributed by atoms with E-state index in [1.807, 2.05) is 34.7 Å². The van der Waals surface area contributed by atoms with E-state index in [2.05, 4.69) is 31.1 Å². The lowest BCUT2D eigenvalue weighted by molar-refractivity contribution is 0.0304. The summed E-state index contributed by atoms with van der Waals surface area (Å²) in [5, 5.41) is 3.37. The highest BCUT2D eigenvalue weighted by Crippen LogP contribution is 2.35. The van der Waals surface area contributed by atoms with Crippen molar-refractivity contribution >= 4 is 38.6 Å². The summed E-state index contributed by atoms with van der Waals surface area (Å²) < 4.78 is 8.17. The van der Waals surface area contributed by atoms with Crippen molar-refractivity contribution in [3.05, 3.63) is 47.2 Å². The Morgan fingerprint density at radius 1 is 1.13 bits per heavy atom. The number of thiazole rings is 1. The van der Waals surface area contributed by atoms with Gasteiger partial charge in [0, 0.05) is 30.4 Å². The number of carbonyl (C=O) groups is 2. The molecule has 3 heterocycles. The number of hydrogen-bond donors (Lipinski definition) is 1. The molecule has 0 spiro atoms. The van der Waals surface area contributed by atoms with Gasteiger partial charge in [0.15, 0.2) is 10.8 Å². The molecule has 0 bridgehead atoms. The molecule has 0 saturated carbocycles. The topological polar surface area (TPSA) is 76.5 Å². The van der Waals surface area contributed by atoms with Crippen LogP contribution in [0, 0.1) is 6.92 Å². The van der Waals surface area contributed by atoms with Gasteiger partial charge in [0.1, 0.15) is 0 Å². The van der Waals surface area contributed by atoms with Crippen molar-refractivity contribution in [2.24, 2.45) is 0 Å². The summed E-state index contributed by atoms with van der Waals surface area (Å²) in [5.74, 6) is -0.235. The van der Waals surface area contributed by atoms with Crippen molar-refractivity contribution in [3.63, 3.8) is 0 Å². The number of hydrogen-bond acceptors (Lipinski definition) is 5. The Labute approximate surface area is 179 Å². The van der Waals surface area contributed by atoms with E-state index in [1.54, 1.807) is 12.1 Å². The van der Waals surface area contributed by atoms with Gasteiger partial charge in [-0.25, -0.2) is 4.98 Å². The lowest BCUT2D eigenvalue weighted by atomic mass is 10.1. The molecule has 1 aliphatic rings. The van der Waals surface area contributed by atoms with E-state index in [1.165, 1.54) is 11.3 Å². The Morgan fingerprint density at radius 3 is 2.43 bits per heavy atom. The van der Waals surface area contributed by atoms with E-state index >= 15 is 0 Å². The Kier molecular flexibility index (Phi) is 5.38. The predicted molar refractivity (Wildman–Crippen MR) is 118 cm³/mol. The molecule has 1 aliphatic heterocycles. The second-order valence-electron chi connectivity index (χ2n) is 8.48. The Balaban J connectivity index is 1.69. The van der Waals surface area contributed by atoms with Crippen LogP contribution in [0.2, 0.25) is 0 Å². The van der Waals surface area contributed by atoms with Crippen LogP contribution in [0.25, 0.3) is 10.3 Å². The third kappa shape index (κ3) is 3.97. The summed E-state index contributed by atoms with van der Waals surface area (Å²) in [7, 11) is 0. The van der Waals surface area contributed by atoms with Crippen molar-refractivity contribution < 1.29 is 14.3 Å². The van der Waals surface area contributed by atoms with Crippen molar-refractivity contribution in [1.29, 1.82) is 0 Å². The van der Waals surface area contributed by atoms with E-state index in [-0.39, 0.29) is 17.4 Å². The van der Waals surface area contributed by atoms with E-state index in [9.17, 15) is 9.59 Å². The van der Waals surface area contributed by atoms with Crippen LogP contribution in [0.15, 0.2) is 30.5 Å². The number of aryl methyl sites for hydroxylation is 1. The third-order valence-corrected chi connectivity index (χ3v) is 6.12. The molecule has 1 aromatic carbocycles. The predicted octanol–water partition coefficient (Wildman–Crippen LogP) is 3.89. The molecule has 1 saturated heterocycles. The monoisotopic (exact) mass is 426 g/mol. The molecule has 2 aromatic heterocycles. The summed E-state index contributed by atoms with van der Waals surface area (Å²) in [6, 6.07) is 7.39. The van der Waals surface area contributed by atoms with Gasteiger partial charge in [-0.3, -0.25) is 14.9 Å². The number of nitrogens with one attached hydrogen (secondary N) is 1. The molecule has 0 aliphatic carbocycles. The molecule has 30 heavy (non-hydrogen) atoms. The van der Waals surface area contributed by atoms with Crippen molar-refractivity contribution in [2.75, 3.05) is 31.6 Å². The first-order chi connectivity index (χ1) is 14.2. The zero-order valence-electron chi connectivity index (χ0n) is 17.7. The first-order valence-corrected chi connectivity index (χ1v) is 10.8. The minimum Gasteiger partial charge on any atom is -0.378 e. The molecule has 1 fully saturated rings. The second kappa shape index (κ2) is 7.85. The lowest BCUT2D eigenvalue weighted by Crippen LogP contribution is -2.40. The zero-order chi connectivity index (χ0) is 21.5. The van der Waals surface area contributed by atoms with E-state index in [4.69, 9.17) is 4.74 Å². The van der Waals surface area contributed by atoms with Gasteiger partial charge < -0.3 is 14.2 Å². The van der Waals surface area contributed by atoms with Crippen LogP contribution >= 0.6 is 11.3 Å². The number of nitrogens with zero attached hydrogens (tertiary/aromatic N) is 3. The molecule has 7 nitrogen and oxygen atoms in total. The van der Waals surface area contributed by atoms with Gasteiger partial charge in [-0.2, -0.15) is 0 Å². The number of amides is 2. The minimum absolute atomic E-state index is 0.0219. The number of morpholine rings is 1. The smallest absolute Gasteiger partial charge is 0.257 e. The van der Waals surface area contributed by atoms with Gasteiger partial charge in [-0.15, -0.1) is 0 Å². The van der Waals surface area contributed by atoms with Gasteiger partial charge in [0.2, 0.25) is 0 Å². The van der Waals surface area contributed by atoms with Crippen LogP contribution in [0.3, 0.4) is 0 Å². The summed E-state index contributed by atoms with van der Waals surface area (Å²) >= 11 is 1.34. The number of rotatable bonds is 3. The fourth-order valence-electron chi connectivity index (χ4n) is 3.43. The number of aromatic nitrogens is 2. The molecule has 3 aromatic rings. The van der Waals surface area contributed by atoms with Gasteiger partial charge in [-0.05, 0) is 39.8 Å². The summed E-state index contributed by atoms with van der Waals surface area (Å²) in [5.41, 5.74) is 2.74. The highest BCUT2D eigenvalue weighted by atomic mass is 32.1. The maximum Gasteiger partial charge on any atom is 0.257 e. The van der Waals surface area contributed by atoms with Crippen LogP contribution in [0.5, 0.6) is 0 Å². The SMILES string of the molecule is Cc1ccc(C(=O)Nc2nc3c(s2)c(C(=O)N2CCOCC2)cn3C(C)(C)C)cc1. The van der Waals surface area contributed by atoms with Gasteiger partial charge in [0.25, 0.3) is 11.8 Å². The van der Waals surface area contributed by atoms with Crippen LogP contribution in [-0.4, -0.2) is 52.6 Å². The molecular formula is C22H26N4O3S. The molecule has 1 N–H and O–H groups in total. The maximum absolute atomic E-state index is 13.2. The lowest BCUT2D eigenvalue weighted by Gasteiger charge is -2.26. The van der Waals surface area contributed by atoms with Crippen molar-refractivity contribution in [1.82, 2.24) is 14.5 Å². The molecule has 2 amide bonds. The van der Waals surface area contributed by atoms with Crippen LogP contribution < -0.4 is 5.32 Å². The highest BCUT2D eigenvalue weighted by molar-refractivity contribution is 7.22. The normalized spacial score (nSPS) is 14.9. The number of benzene rings is 1. The Morgan fingerprint density at radius 2 is 1.80 bits per heavy atom. The first kappa shape index (κ1) is 20.6. The maximum atomic E-state index is 13.2. The summed E-state index contributed by atoms with van der Waals surface area (Å²) in [6.07, 6.45) is 1.89. The van der Waals surface area contributed by atoms with Gasteiger partial charge >= 0.3 is 0 Å². The first-order valence-electron chi connectivity index (χ1n) is 10.0. The molecule has 158 valence electrons. The minimum atomic E-state index is -0.256. The Bertz CT molecular complexity index is 1090. The van der Waals surface area contributed by atoms with Crippen molar-refractivity contribution in [3.8, 4) is 0 Å². The standard InChI is InChI=1S/C22H26N4O3S/c1-14-5-7-15(8-6-14)19(27)24-21-23-18-17(30-21)16(13-26(18)22(2,3)4)20(28)25-9-11-29-12-10-25/h5-8,13H,9-12H2,1-4H3,(H,23,24,27). The molecule has 4 rings (SSSR count). The summed E-state index contributed by atoms with van der Waals surface area (Å²) in [6.45, 7) is 10.4. The van der Waals surface area contributed by atoms with Crippen molar-refractivity contribution in [2.45, 2.75) is 33.2 Å². The largest absolute Gasteiger partial charge is 0.378 e. The molecule has 0 atom stereocenters. The average Bonchev–Trinajstić information content (AvgIpc) is 3.26. The van der Waals surface area contributed by atoms with Crippen LogP contribution in [0.4, 0.5) is 5.13 Å². The number of ether oxygens (including phenoxy) is 1. The second-order valence-corrected chi connectivity index (χ2v) is 9.48. The van der Waals surface area contributed by atoms with Gasteiger partial charge in [-0.1, -0.05) is 29.0 Å². The third-order valence-electron chi connectivity index (χ3n) is 5.13. The zero-order valence-corrected chi connectivity index (χ0v) is 18.5. The summed E-state index contributed by atoms with van der Waals surface area (Å²) in [4.78, 5) is 32.3. The number of fused-ring (bicyclic) bond motifs is 1. The Hall–Kier alpha value is -2.71. The average molecular weight is 427 g/mol. The number of anilines is 1. The van der Waals surface area contributed by atoms with E-state index in [0.717, 1.165) is 10.3 Å². The van der Waals surface area contributed by atoms with Crippen LogP contribution in [0.1, 0.15) is 47.1 Å². The molecule has 8 heteroatoms. The van der Waals surface area contributed by atoms with Crippen LogP contribution in [-0.2, 0) is 10.3 Å². The van der Waals surface area contributed by atoms with E-state index < -0.39 is 0 Å².